The SMILES string of the molecule is CC(=O)c1ccccc1NC(=O)c1ccc(S(=O)(=O)N2CCCCC2)cc1. The van der Waals surface area contributed by atoms with E-state index >= 15 is 0 Å². The summed E-state index contributed by atoms with van der Waals surface area (Å²) in [4.78, 5) is 24.3. The molecule has 0 atom stereocenters. The van der Waals surface area contributed by atoms with E-state index in [0.29, 0.717) is 29.9 Å². The number of piperidine rings is 1. The zero-order valence-corrected chi connectivity index (χ0v) is 16.0. The minimum Gasteiger partial charge on any atom is -0.321 e. The molecule has 7 heteroatoms. The molecule has 1 heterocycles. The maximum absolute atomic E-state index is 12.7. The molecule has 142 valence electrons. The van der Waals surface area contributed by atoms with Gasteiger partial charge in [0.25, 0.3) is 5.91 Å². The van der Waals surface area contributed by atoms with Gasteiger partial charge in [0.2, 0.25) is 10.0 Å². The fraction of sp³-hybridized carbons (Fsp3) is 0.300. The summed E-state index contributed by atoms with van der Waals surface area (Å²) in [5, 5.41) is 2.71. The predicted molar refractivity (Wildman–Crippen MR) is 103 cm³/mol. The van der Waals surface area contributed by atoms with Gasteiger partial charge in [0.15, 0.2) is 5.78 Å². The molecule has 0 aliphatic carbocycles. The molecule has 1 aliphatic rings. The molecule has 1 saturated heterocycles. The largest absolute Gasteiger partial charge is 0.321 e. The van der Waals surface area contributed by atoms with Gasteiger partial charge in [-0.2, -0.15) is 4.31 Å². The molecule has 1 fully saturated rings. The molecule has 0 saturated carbocycles. The van der Waals surface area contributed by atoms with E-state index in [0.717, 1.165) is 19.3 Å². The number of nitrogens with zero attached hydrogens (tertiary/aromatic N) is 1. The molecular weight excluding hydrogens is 364 g/mol. The minimum atomic E-state index is -3.52. The van der Waals surface area contributed by atoms with Crippen LogP contribution in [0.2, 0.25) is 0 Å². The summed E-state index contributed by atoms with van der Waals surface area (Å²) in [5.74, 6) is -0.542. The van der Waals surface area contributed by atoms with Crippen molar-refractivity contribution in [1.82, 2.24) is 4.31 Å². The number of benzene rings is 2. The smallest absolute Gasteiger partial charge is 0.255 e. The Kier molecular flexibility index (Phi) is 5.72. The highest BCUT2D eigenvalue weighted by Crippen LogP contribution is 2.22. The number of Topliss-reactive ketones (excluding diaryl/α,β-unsaturated/α-hetero) is 1. The number of para-hydroxylation sites is 1. The lowest BCUT2D eigenvalue weighted by molar-refractivity contribution is 0.101. The number of sulfonamides is 1. The standard InChI is InChI=1S/C20H22N2O4S/c1-15(23)18-7-3-4-8-19(18)21-20(24)16-9-11-17(12-10-16)27(25,26)22-13-5-2-6-14-22/h3-4,7-12H,2,5-6,13-14H2,1H3,(H,21,24). The first-order chi connectivity index (χ1) is 12.9. The maximum atomic E-state index is 12.7. The van der Waals surface area contributed by atoms with Gasteiger partial charge in [0.05, 0.1) is 10.6 Å². The van der Waals surface area contributed by atoms with E-state index in [-0.39, 0.29) is 10.7 Å². The second-order valence-corrected chi connectivity index (χ2v) is 8.48. The highest BCUT2D eigenvalue weighted by atomic mass is 32.2. The number of hydrogen-bond acceptors (Lipinski definition) is 4. The van der Waals surface area contributed by atoms with Crippen molar-refractivity contribution in [3.8, 4) is 0 Å². The highest BCUT2D eigenvalue weighted by Gasteiger charge is 2.26. The third-order valence-electron chi connectivity index (χ3n) is 4.62. The van der Waals surface area contributed by atoms with Crippen LogP contribution in [0.5, 0.6) is 0 Å². The summed E-state index contributed by atoms with van der Waals surface area (Å²) < 4.78 is 26.8. The van der Waals surface area contributed by atoms with Crippen molar-refractivity contribution in [2.24, 2.45) is 0 Å². The first-order valence-corrected chi connectivity index (χ1v) is 10.3. The molecule has 2 aromatic rings. The lowest BCUT2D eigenvalue weighted by Crippen LogP contribution is -2.35. The average Bonchev–Trinajstić information content (AvgIpc) is 2.69. The molecule has 0 spiro atoms. The number of carbonyl (C=O) groups is 2. The number of carbonyl (C=O) groups excluding carboxylic acids is 2. The number of hydrogen-bond donors (Lipinski definition) is 1. The van der Waals surface area contributed by atoms with E-state index in [9.17, 15) is 18.0 Å². The lowest BCUT2D eigenvalue weighted by Gasteiger charge is -2.25. The number of rotatable bonds is 5. The van der Waals surface area contributed by atoms with E-state index in [4.69, 9.17) is 0 Å². The number of nitrogens with one attached hydrogen (secondary N) is 1. The van der Waals surface area contributed by atoms with Crippen LogP contribution in [0.15, 0.2) is 53.4 Å². The molecule has 1 N–H and O–H groups in total. The van der Waals surface area contributed by atoms with Crippen LogP contribution in [-0.2, 0) is 10.0 Å². The third-order valence-corrected chi connectivity index (χ3v) is 6.54. The van der Waals surface area contributed by atoms with E-state index in [1.54, 1.807) is 24.3 Å². The third kappa shape index (κ3) is 4.26. The van der Waals surface area contributed by atoms with Crippen LogP contribution in [0.25, 0.3) is 0 Å². The van der Waals surface area contributed by atoms with Crippen LogP contribution < -0.4 is 5.32 Å². The van der Waals surface area contributed by atoms with Gasteiger partial charge in [0, 0.05) is 24.2 Å². The van der Waals surface area contributed by atoms with Crippen LogP contribution in [-0.4, -0.2) is 37.5 Å². The van der Waals surface area contributed by atoms with Crippen molar-refractivity contribution in [3.05, 3.63) is 59.7 Å². The number of ketones is 1. The summed E-state index contributed by atoms with van der Waals surface area (Å²) in [7, 11) is -3.52. The summed E-state index contributed by atoms with van der Waals surface area (Å²) in [6.07, 6.45) is 2.79. The molecule has 0 bridgehead atoms. The summed E-state index contributed by atoms with van der Waals surface area (Å²) >= 11 is 0. The van der Waals surface area contributed by atoms with Gasteiger partial charge in [-0.05, 0) is 56.2 Å². The van der Waals surface area contributed by atoms with Crippen molar-refractivity contribution < 1.29 is 18.0 Å². The van der Waals surface area contributed by atoms with Crippen molar-refractivity contribution in [1.29, 1.82) is 0 Å². The van der Waals surface area contributed by atoms with Gasteiger partial charge < -0.3 is 5.32 Å². The Hall–Kier alpha value is -2.51. The lowest BCUT2D eigenvalue weighted by atomic mass is 10.1. The monoisotopic (exact) mass is 386 g/mol. The number of anilines is 1. The summed E-state index contributed by atoms with van der Waals surface area (Å²) in [6, 6.07) is 12.6. The topological polar surface area (TPSA) is 83.5 Å². The summed E-state index contributed by atoms with van der Waals surface area (Å²) in [5.41, 5.74) is 1.18. The van der Waals surface area contributed by atoms with Crippen LogP contribution in [0.1, 0.15) is 46.9 Å². The van der Waals surface area contributed by atoms with Crippen molar-refractivity contribution in [3.63, 3.8) is 0 Å². The molecular formula is C20H22N2O4S. The Bertz CT molecular complexity index is 946. The normalized spacial score (nSPS) is 15.3. The van der Waals surface area contributed by atoms with Crippen LogP contribution in [0, 0.1) is 0 Å². The number of amides is 1. The van der Waals surface area contributed by atoms with Gasteiger partial charge in [-0.25, -0.2) is 8.42 Å². The van der Waals surface area contributed by atoms with Crippen molar-refractivity contribution >= 4 is 27.4 Å². The van der Waals surface area contributed by atoms with Gasteiger partial charge in [-0.15, -0.1) is 0 Å². The van der Waals surface area contributed by atoms with Crippen molar-refractivity contribution in [2.45, 2.75) is 31.1 Å². The molecule has 6 nitrogen and oxygen atoms in total. The maximum Gasteiger partial charge on any atom is 0.255 e. The Morgan fingerprint density at radius 2 is 1.56 bits per heavy atom. The first-order valence-electron chi connectivity index (χ1n) is 8.91. The first kappa shape index (κ1) is 19.3. The van der Waals surface area contributed by atoms with Gasteiger partial charge >= 0.3 is 0 Å². The molecule has 1 amide bonds. The zero-order chi connectivity index (χ0) is 19.4. The molecule has 1 aliphatic heterocycles. The quantitative estimate of drug-likeness (QED) is 0.799. The van der Waals surface area contributed by atoms with Crippen molar-refractivity contribution in [2.75, 3.05) is 18.4 Å². The minimum absolute atomic E-state index is 0.145. The highest BCUT2D eigenvalue weighted by molar-refractivity contribution is 7.89. The molecule has 2 aromatic carbocycles. The summed E-state index contributed by atoms with van der Waals surface area (Å²) in [6.45, 7) is 2.50. The van der Waals surface area contributed by atoms with E-state index < -0.39 is 15.9 Å². The zero-order valence-electron chi connectivity index (χ0n) is 15.1. The van der Waals surface area contributed by atoms with Crippen LogP contribution in [0.3, 0.4) is 0 Å². The Balaban J connectivity index is 1.77. The van der Waals surface area contributed by atoms with E-state index in [1.165, 1.54) is 35.5 Å². The van der Waals surface area contributed by atoms with Crippen LogP contribution >= 0.6 is 0 Å². The second-order valence-electron chi connectivity index (χ2n) is 6.55. The Labute approximate surface area is 159 Å². The molecule has 0 radical (unpaired) electrons. The predicted octanol–water partition coefficient (Wildman–Crippen LogP) is 3.32. The van der Waals surface area contributed by atoms with Gasteiger partial charge in [-0.3, -0.25) is 9.59 Å². The Morgan fingerprint density at radius 1 is 0.926 bits per heavy atom. The fourth-order valence-electron chi connectivity index (χ4n) is 3.13. The average molecular weight is 386 g/mol. The van der Waals surface area contributed by atoms with Crippen LogP contribution in [0.4, 0.5) is 5.69 Å². The molecule has 0 aromatic heterocycles. The Morgan fingerprint density at radius 3 is 2.19 bits per heavy atom. The molecule has 27 heavy (non-hydrogen) atoms. The molecule has 3 rings (SSSR count). The molecule has 0 unspecified atom stereocenters. The van der Waals surface area contributed by atoms with Gasteiger partial charge in [-0.1, -0.05) is 18.6 Å². The van der Waals surface area contributed by atoms with E-state index in [2.05, 4.69) is 5.32 Å². The second kappa shape index (κ2) is 8.02. The fourth-order valence-corrected chi connectivity index (χ4v) is 4.64. The van der Waals surface area contributed by atoms with Gasteiger partial charge in [0.1, 0.15) is 0 Å². The van der Waals surface area contributed by atoms with E-state index in [1.807, 2.05) is 0 Å².